The number of hydrogen-bond acceptors (Lipinski definition) is 5. The maximum Gasteiger partial charge on any atom is 0.326 e. The number of piperidine rings is 1. The molecule has 1 heterocycles. The number of primary amides is 1. The SMILES string of the molecule is COc1cc(C(=O)N2CCC(C)CC2C(=O)O)ccc1OCC(N)=O. The van der Waals surface area contributed by atoms with Crippen molar-refractivity contribution in [3.8, 4) is 11.5 Å². The van der Waals surface area contributed by atoms with Crippen molar-refractivity contribution in [2.75, 3.05) is 20.3 Å². The molecule has 2 rings (SSSR count). The number of carbonyl (C=O) groups excluding carboxylic acids is 2. The third-order valence-electron chi connectivity index (χ3n) is 4.19. The second-order valence-corrected chi connectivity index (χ2v) is 6.10. The van der Waals surface area contributed by atoms with E-state index in [0.717, 1.165) is 6.42 Å². The first-order valence-electron chi connectivity index (χ1n) is 7.96. The number of carboxylic acid groups (broad SMARTS) is 1. The van der Waals surface area contributed by atoms with Crippen LogP contribution < -0.4 is 15.2 Å². The molecule has 8 nitrogen and oxygen atoms in total. The lowest BCUT2D eigenvalue weighted by molar-refractivity contribution is -0.144. The highest BCUT2D eigenvalue weighted by molar-refractivity contribution is 5.97. The van der Waals surface area contributed by atoms with Crippen molar-refractivity contribution in [1.29, 1.82) is 0 Å². The molecule has 0 aliphatic carbocycles. The van der Waals surface area contributed by atoms with Gasteiger partial charge in [0.2, 0.25) is 0 Å². The third kappa shape index (κ3) is 4.40. The predicted molar refractivity (Wildman–Crippen MR) is 88.5 cm³/mol. The van der Waals surface area contributed by atoms with Crippen LogP contribution in [0.5, 0.6) is 11.5 Å². The van der Waals surface area contributed by atoms with Gasteiger partial charge in [0, 0.05) is 12.1 Å². The Morgan fingerprint density at radius 3 is 2.64 bits per heavy atom. The van der Waals surface area contributed by atoms with Crippen LogP contribution in [0.2, 0.25) is 0 Å². The Balaban J connectivity index is 2.23. The molecule has 2 atom stereocenters. The summed E-state index contributed by atoms with van der Waals surface area (Å²) in [5.74, 6) is -1.21. The minimum absolute atomic E-state index is 0.254. The summed E-state index contributed by atoms with van der Waals surface area (Å²) in [5.41, 5.74) is 5.34. The van der Waals surface area contributed by atoms with Crippen molar-refractivity contribution >= 4 is 17.8 Å². The van der Waals surface area contributed by atoms with E-state index in [1.165, 1.54) is 30.2 Å². The van der Waals surface area contributed by atoms with Crippen LogP contribution in [-0.4, -0.2) is 54.1 Å². The number of aliphatic carboxylic acids is 1. The van der Waals surface area contributed by atoms with Gasteiger partial charge in [-0.15, -0.1) is 0 Å². The van der Waals surface area contributed by atoms with Crippen LogP contribution in [-0.2, 0) is 9.59 Å². The third-order valence-corrected chi connectivity index (χ3v) is 4.19. The fraction of sp³-hybridized carbons (Fsp3) is 0.471. The molecule has 2 unspecified atom stereocenters. The average Bonchev–Trinajstić information content (AvgIpc) is 2.58. The van der Waals surface area contributed by atoms with Crippen LogP contribution in [0, 0.1) is 5.92 Å². The molecule has 3 N–H and O–H groups in total. The average molecular weight is 350 g/mol. The topological polar surface area (TPSA) is 119 Å². The maximum atomic E-state index is 12.8. The number of nitrogens with zero attached hydrogens (tertiary/aromatic N) is 1. The first kappa shape index (κ1) is 18.6. The van der Waals surface area contributed by atoms with Crippen LogP contribution in [0.4, 0.5) is 0 Å². The Morgan fingerprint density at radius 1 is 1.32 bits per heavy atom. The van der Waals surface area contributed by atoms with Gasteiger partial charge in [-0.25, -0.2) is 4.79 Å². The zero-order chi connectivity index (χ0) is 18.6. The van der Waals surface area contributed by atoms with Gasteiger partial charge < -0.3 is 25.2 Å². The Labute approximate surface area is 145 Å². The maximum absolute atomic E-state index is 12.8. The molecular formula is C17H22N2O6. The number of benzene rings is 1. The summed E-state index contributed by atoms with van der Waals surface area (Å²) >= 11 is 0. The van der Waals surface area contributed by atoms with Gasteiger partial charge in [-0.05, 0) is 37.0 Å². The zero-order valence-corrected chi connectivity index (χ0v) is 14.2. The fourth-order valence-electron chi connectivity index (χ4n) is 2.85. The van der Waals surface area contributed by atoms with Gasteiger partial charge >= 0.3 is 5.97 Å². The molecular weight excluding hydrogens is 328 g/mol. The molecule has 2 amide bonds. The Morgan fingerprint density at radius 2 is 2.04 bits per heavy atom. The van der Waals surface area contributed by atoms with Crippen molar-refractivity contribution in [2.45, 2.75) is 25.8 Å². The molecule has 0 spiro atoms. The highest BCUT2D eigenvalue weighted by Crippen LogP contribution is 2.30. The van der Waals surface area contributed by atoms with Gasteiger partial charge in [-0.1, -0.05) is 6.92 Å². The second-order valence-electron chi connectivity index (χ2n) is 6.10. The quantitative estimate of drug-likeness (QED) is 0.786. The number of carboxylic acids is 1. The summed E-state index contributed by atoms with van der Waals surface area (Å²) in [7, 11) is 1.41. The summed E-state index contributed by atoms with van der Waals surface area (Å²) in [6.07, 6.45) is 1.18. The highest BCUT2D eigenvalue weighted by Gasteiger charge is 2.35. The molecule has 1 aromatic carbocycles. The molecule has 136 valence electrons. The second kappa shape index (κ2) is 7.87. The molecule has 1 aromatic rings. The summed E-state index contributed by atoms with van der Waals surface area (Å²) < 4.78 is 10.4. The van der Waals surface area contributed by atoms with Crippen molar-refractivity contribution in [3.05, 3.63) is 23.8 Å². The lowest BCUT2D eigenvalue weighted by atomic mass is 9.92. The first-order chi connectivity index (χ1) is 11.8. The number of ether oxygens (including phenoxy) is 2. The molecule has 1 fully saturated rings. The van der Waals surface area contributed by atoms with Crippen LogP contribution in [0.3, 0.4) is 0 Å². The molecule has 0 bridgehead atoms. The van der Waals surface area contributed by atoms with Gasteiger partial charge in [-0.3, -0.25) is 9.59 Å². The number of carbonyl (C=O) groups is 3. The van der Waals surface area contributed by atoms with Crippen molar-refractivity contribution in [3.63, 3.8) is 0 Å². The summed E-state index contributed by atoms with van der Waals surface area (Å²) in [4.78, 5) is 36.4. The lowest BCUT2D eigenvalue weighted by Gasteiger charge is -2.36. The normalized spacial score (nSPS) is 20.0. The summed E-state index contributed by atoms with van der Waals surface area (Å²) in [5, 5.41) is 9.41. The number of hydrogen-bond donors (Lipinski definition) is 2. The molecule has 1 aliphatic heterocycles. The summed E-state index contributed by atoms with van der Waals surface area (Å²) in [6, 6.07) is 3.64. The van der Waals surface area contributed by atoms with E-state index in [2.05, 4.69) is 0 Å². The minimum Gasteiger partial charge on any atom is -0.493 e. The smallest absolute Gasteiger partial charge is 0.326 e. The molecule has 0 aromatic heterocycles. The fourth-order valence-corrected chi connectivity index (χ4v) is 2.85. The van der Waals surface area contributed by atoms with Gasteiger partial charge in [0.15, 0.2) is 18.1 Å². The molecule has 8 heteroatoms. The largest absolute Gasteiger partial charge is 0.493 e. The van der Waals surface area contributed by atoms with Crippen LogP contribution >= 0.6 is 0 Å². The van der Waals surface area contributed by atoms with Crippen molar-refractivity contribution < 1.29 is 29.0 Å². The number of nitrogens with two attached hydrogens (primary N) is 1. The number of amides is 2. The minimum atomic E-state index is -1.01. The van der Waals surface area contributed by atoms with Gasteiger partial charge in [-0.2, -0.15) is 0 Å². The van der Waals surface area contributed by atoms with Crippen LogP contribution in [0.1, 0.15) is 30.1 Å². The monoisotopic (exact) mass is 350 g/mol. The zero-order valence-electron chi connectivity index (χ0n) is 14.2. The van der Waals surface area contributed by atoms with Crippen molar-refractivity contribution in [1.82, 2.24) is 4.90 Å². The van der Waals surface area contributed by atoms with Gasteiger partial charge in [0.05, 0.1) is 7.11 Å². The Hall–Kier alpha value is -2.77. The van der Waals surface area contributed by atoms with E-state index < -0.39 is 17.9 Å². The molecule has 25 heavy (non-hydrogen) atoms. The standard InChI is InChI=1S/C17H22N2O6/c1-10-5-6-19(12(7-10)17(22)23)16(21)11-3-4-13(14(8-11)24-2)25-9-15(18)20/h3-4,8,10,12H,5-7,9H2,1-2H3,(H2,18,20)(H,22,23). The lowest BCUT2D eigenvalue weighted by Crippen LogP contribution is -2.49. The van der Waals surface area contributed by atoms with Crippen LogP contribution in [0.15, 0.2) is 18.2 Å². The van der Waals surface area contributed by atoms with Gasteiger partial charge in [0.25, 0.3) is 11.8 Å². The molecule has 0 radical (unpaired) electrons. The molecule has 0 saturated carbocycles. The Bertz CT molecular complexity index is 675. The molecule has 1 saturated heterocycles. The first-order valence-corrected chi connectivity index (χ1v) is 7.96. The van der Waals surface area contributed by atoms with E-state index in [4.69, 9.17) is 15.2 Å². The Kier molecular flexibility index (Phi) is 5.84. The summed E-state index contributed by atoms with van der Waals surface area (Å²) in [6.45, 7) is 2.06. The van der Waals surface area contributed by atoms with Crippen LogP contribution in [0.25, 0.3) is 0 Å². The van der Waals surface area contributed by atoms with Crippen molar-refractivity contribution in [2.24, 2.45) is 11.7 Å². The van der Waals surface area contributed by atoms with E-state index in [-0.39, 0.29) is 29.9 Å². The van der Waals surface area contributed by atoms with E-state index in [9.17, 15) is 19.5 Å². The van der Waals surface area contributed by atoms with E-state index in [1.54, 1.807) is 0 Å². The predicted octanol–water partition coefficient (Wildman–Crippen LogP) is 0.885. The van der Waals surface area contributed by atoms with E-state index in [1.807, 2.05) is 6.92 Å². The van der Waals surface area contributed by atoms with Gasteiger partial charge in [0.1, 0.15) is 6.04 Å². The molecule has 1 aliphatic rings. The number of likely N-dealkylation sites (tertiary alicyclic amines) is 1. The highest BCUT2D eigenvalue weighted by atomic mass is 16.5. The van der Waals surface area contributed by atoms with E-state index in [0.29, 0.717) is 18.5 Å². The number of methoxy groups -OCH3 is 1. The van der Waals surface area contributed by atoms with E-state index >= 15 is 0 Å². The number of rotatable bonds is 6.